The maximum atomic E-state index is 12.9. The number of thiophene rings is 1. The fourth-order valence-corrected chi connectivity index (χ4v) is 4.70. The van der Waals surface area contributed by atoms with Crippen LogP contribution in [-0.2, 0) is 0 Å². The first kappa shape index (κ1) is 18.4. The van der Waals surface area contributed by atoms with Gasteiger partial charge in [-0.1, -0.05) is 19.4 Å². The molecule has 2 N–H and O–H groups in total. The Morgan fingerprint density at radius 1 is 1.46 bits per heavy atom. The molecule has 4 rings (SSSR count). The van der Waals surface area contributed by atoms with Crippen molar-refractivity contribution in [3.63, 3.8) is 0 Å². The van der Waals surface area contributed by atoms with E-state index >= 15 is 0 Å². The van der Waals surface area contributed by atoms with Crippen LogP contribution in [0, 0.1) is 0 Å². The SMILES string of the molecule is C=C/C(=C\N=CC)N1C(=O)Nc2c(C(=O)NC3CCCC3)sc3nccc1c23. The molecular weight excluding hydrogens is 374 g/mol. The van der Waals surface area contributed by atoms with Gasteiger partial charge >= 0.3 is 6.03 Å². The second-order valence-electron chi connectivity index (χ2n) is 6.70. The predicted octanol–water partition coefficient (Wildman–Crippen LogP) is 4.44. The highest BCUT2D eigenvalue weighted by Crippen LogP contribution is 2.44. The molecule has 0 spiro atoms. The van der Waals surface area contributed by atoms with Gasteiger partial charge < -0.3 is 10.6 Å². The third-order valence-electron chi connectivity index (χ3n) is 4.97. The minimum absolute atomic E-state index is 0.153. The van der Waals surface area contributed by atoms with Crippen LogP contribution in [0.4, 0.5) is 16.2 Å². The highest BCUT2D eigenvalue weighted by Gasteiger charge is 2.33. The van der Waals surface area contributed by atoms with E-state index < -0.39 is 0 Å². The Bertz CT molecular complexity index is 1020. The van der Waals surface area contributed by atoms with Gasteiger partial charge in [-0.3, -0.25) is 14.7 Å². The molecule has 0 aromatic carbocycles. The number of pyridine rings is 1. The number of anilines is 2. The summed E-state index contributed by atoms with van der Waals surface area (Å²) >= 11 is 1.30. The highest BCUT2D eigenvalue weighted by molar-refractivity contribution is 7.21. The fraction of sp³-hybridized carbons (Fsp3) is 0.300. The van der Waals surface area contributed by atoms with E-state index in [9.17, 15) is 9.59 Å². The van der Waals surface area contributed by atoms with Gasteiger partial charge in [-0.15, -0.1) is 11.3 Å². The van der Waals surface area contributed by atoms with Crippen LogP contribution >= 0.6 is 11.3 Å². The lowest BCUT2D eigenvalue weighted by Crippen LogP contribution is -2.37. The van der Waals surface area contributed by atoms with Crippen molar-refractivity contribution >= 4 is 51.1 Å². The van der Waals surface area contributed by atoms with Gasteiger partial charge in [-0.2, -0.15) is 0 Å². The molecule has 1 fully saturated rings. The summed E-state index contributed by atoms with van der Waals surface area (Å²) in [6.45, 7) is 5.59. The number of nitrogens with one attached hydrogen (secondary N) is 2. The normalized spacial score (nSPS) is 17.4. The van der Waals surface area contributed by atoms with E-state index in [0.29, 0.717) is 26.8 Å². The number of aromatic nitrogens is 1. The molecule has 2 aromatic rings. The van der Waals surface area contributed by atoms with Gasteiger partial charge in [0.15, 0.2) is 0 Å². The lowest BCUT2D eigenvalue weighted by Gasteiger charge is -2.28. The van der Waals surface area contributed by atoms with Crippen molar-refractivity contribution in [2.24, 2.45) is 4.99 Å². The Labute approximate surface area is 166 Å². The highest BCUT2D eigenvalue weighted by atomic mass is 32.1. The molecule has 1 aliphatic carbocycles. The third kappa shape index (κ3) is 3.09. The van der Waals surface area contributed by atoms with E-state index in [4.69, 9.17) is 0 Å². The summed E-state index contributed by atoms with van der Waals surface area (Å²) in [7, 11) is 0. The molecule has 0 saturated heterocycles. The monoisotopic (exact) mass is 395 g/mol. The molecule has 0 atom stereocenters. The number of rotatable bonds is 5. The minimum Gasteiger partial charge on any atom is -0.349 e. The first-order chi connectivity index (χ1) is 13.6. The van der Waals surface area contributed by atoms with E-state index in [1.807, 2.05) is 0 Å². The van der Waals surface area contributed by atoms with Gasteiger partial charge in [0.05, 0.1) is 28.7 Å². The molecule has 1 saturated carbocycles. The van der Waals surface area contributed by atoms with Gasteiger partial charge in [-0.05, 0) is 31.9 Å². The summed E-state index contributed by atoms with van der Waals surface area (Å²) in [6.07, 6.45) is 10.7. The molecule has 3 heterocycles. The van der Waals surface area contributed by atoms with E-state index in [0.717, 1.165) is 31.1 Å². The molecule has 28 heavy (non-hydrogen) atoms. The Kier molecular flexibility index (Phi) is 4.95. The van der Waals surface area contributed by atoms with Crippen LogP contribution in [0.5, 0.6) is 0 Å². The number of nitrogens with zero attached hydrogens (tertiary/aromatic N) is 3. The molecule has 144 valence electrons. The Morgan fingerprint density at radius 2 is 2.25 bits per heavy atom. The molecule has 2 aliphatic rings. The molecule has 0 unspecified atom stereocenters. The first-order valence-electron chi connectivity index (χ1n) is 9.28. The van der Waals surface area contributed by atoms with Crippen LogP contribution in [0.25, 0.3) is 10.2 Å². The molecular formula is C20H21N5O2S. The number of hydrogen-bond acceptors (Lipinski definition) is 5. The van der Waals surface area contributed by atoms with Crippen molar-refractivity contribution in [3.05, 3.63) is 41.7 Å². The van der Waals surface area contributed by atoms with Gasteiger partial charge in [-0.25, -0.2) is 9.78 Å². The van der Waals surface area contributed by atoms with E-state index in [1.165, 1.54) is 16.2 Å². The number of amides is 3. The van der Waals surface area contributed by atoms with Crippen molar-refractivity contribution in [1.82, 2.24) is 10.3 Å². The zero-order valence-corrected chi connectivity index (χ0v) is 16.4. The molecule has 0 bridgehead atoms. The Morgan fingerprint density at radius 3 is 2.96 bits per heavy atom. The second kappa shape index (κ2) is 7.55. The maximum Gasteiger partial charge on any atom is 0.331 e. The van der Waals surface area contributed by atoms with Gasteiger partial charge in [0.25, 0.3) is 5.91 Å². The summed E-state index contributed by atoms with van der Waals surface area (Å²) in [5.41, 5.74) is 1.73. The third-order valence-corrected chi connectivity index (χ3v) is 6.06. The van der Waals surface area contributed by atoms with Crippen molar-refractivity contribution < 1.29 is 9.59 Å². The topological polar surface area (TPSA) is 86.7 Å². The standard InChI is InChI=1S/C20H21N5O2S/c1-3-13(11-21-4-2)25-14-9-10-22-19-15(14)16(24-20(25)27)17(28-19)18(26)23-12-7-5-6-8-12/h3-4,9-12H,1,5-8H2,2H3,(H,23,26)(H,24,27)/b13-11+,21-4?. The summed E-state index contributed by atoms with van der Waals surface area (Å²) in [6, 6.07) is 1.62. The lowest BCUT2D eigenvalue weighted by molar-refractivity contribution is 0.0943. The van der Waals surface area contributed by atoms with Gasteiger partial charge in [0, 0.05) is 18.5 Å². The smallest absolute Gasteiger partial charge is 0.331 e. The largest absolute Gasteiger partial charge is 0.349 e. The molecule has 1 aliphatic heterocycles. The average molecular weight is 395 g/mol. The number of aliphatic imine (C=N–C) groups is 1. The summed E-state index contributed by atoms with van der Waals surface area (Å²) < 4.78 is 0. The number of hydrogen-bond donors (Lipinski definition) is 2. The molecule has 0 radical (unpaired) electrons. The van der Waals surface area contributed by atoms with Crippen LogP contribution in [0.1, 0.15) is 42.3 Å². The summed E-state index contributed by atoms with van der Waals surface area (Å²) in [5, 5.41) is 6.73. The van der Waals surface area contributed by atoms with Crippen LogP contribution in [0.3, 0.4) is 0 Å². The van der Waals surface area contributed by atoms with Gasteiger partial charge in [0.1, 0.15) is 9.71 Å². The quantitative estimate of drug-likeness (QED) is 0.580. The number of allylic oxidation sites excluding steroid dienone is 1. The minimum atomic E-state index is -0.356. The Hall–Kier alpha value is -3.00. The van der Waals surface area contributed by atoms with Crippen molar-refractivity contribution in [2.45, 2.75) is 38.6 Å². The van der Waals surface area contributed by atoms with Crippen LogP contribution in [0.2, 0.25) is 0 Å². The first-order valence-corrected chi connectivity index (χ1v) is 10.1. The van der Waals surface area contributed by atoms with Gasteiger partial charge in [0.2, 0.25) is 0 Å². The lowest BCUT2D eigenvalue weighted by atomic mass is 10.1. The predicted molar refractivity (Wildman–Crippen MR) is 113 cm³/mol. The zero-order chi connectivity index (χ0) is 19.7. The van der Waals surface area contributed by atoms with Crippen molar-refractivity contribution in [3.8, 4) is 0 Å². The number of carbonyl (C=O) groups excluding carboxylic acids is 2. The Balaban J connectivity index is 1.79. The number of urea groups is 1. The molecule has 7 nitrogen and oxygen atoms in total. The number of carbonyl (C=O) groups is 2. The fourth-order valence-electron chi connectivity index (χ4n) is 3.67. The average Bonchev–Trinajstić information content (AvgIpc) is 3.33. The molecule has 3 amide bonds. The van der Waals surface area contributed by atoms with Crippen LogP contribution in [0.15, 0.2) is 41.8 Å². The molecule has 2 aromatic heterocycles. The summed E-state index contributed by atoms with van der Waals surface area (Å²) in [4.78, 5) is 37.0. The second-order valence-corrected chi connectivity index (χ2v) is 7.70. The van der Waals surface area contributed by atoms with Crippen molar-refractivity contribution in [2.75, 3.05) is 10.2 Å². The maximum absolute atomic E-state index is 12.9. The summed E-state index contributed by atoms with van der Waals surface area (Å²) in [5.74, 6) is -0.153. The van der Waals surface area contributed by atoms with Crippen LogP contribution in [-0.4, -0.2) is 29.2 Å². The van der Waals surface area contributed by atoms with Crippen LogP contribution < -0.4 is 15.5 Å². The van der Waals surface area contributed by atoms with E-state index in [2.05, 4.69) is 27.2 Å². The molecule has 8 heteroatoms. The zero-order valence-electron chi connectivity index (χ0n) is 15.6. The van der Waals surface area contributed by atoms with E-state index in [1.54, 1.807) is 37.7 Å². The van der Waals surface area contributed by atoms with Crippen molar-refractivity contribution in [1.29, 1.82) is 0 Å². The van der Waals surface area contributed by atoms with E-state index in [-0.39, 0.29) is 18.0 Å².